The van der Waals surface area contributed by atoms with Crippen molar-refractivity contribution in [3.63, 3.8) is 0 Å². The van der Waals surface area contributed by atoms with E-state index in [9.17, 15) is 9.90 Å². The molecule has 0 aromatic carbocycles. The van der Waals surface area contributed by atoms with Gasteiger partial charge in [0, 0.05) is 19.6 Å². The molecular weight excluding hydrogens is 462 g/mol. The Hall–Kier alpha value is -1.07. The van der Waals surface area contributed by atoms with Crippen molar-refractivity contribution in [1.82, 2.24) is 5.32 Å². The van der Waals surface area contributed by atoms with E-state index < -0.39 is 12.2 Å². The molecule has 0 spiro atoms. The number of fused-ring (bicyclic) bond motifs is 5. The standard InChI is InChI=1S/C32H55NO4/c1-21(2)7-6-8-22(3)27-11-12-28-26-10-9-23-19-25(37-30(36)33-20-24(35)15-18-34)13-16-31(23,4)29(26)14-17-32(27,28)5/h9,21-22,24-29,34-35H,6-8,10-20H2,1-5H3,(H,33,36)/t22-,24?,25+,26+,27-,28+,29+,31+,32-/m1/s1. The molecule has 1 amide bonds. The van der Waals surface area contributed by atoms with Crippen molar-refractivity contribution in [3.8, 4) is 0 Å². The third-order valence-electron chi connectivity index (χ3n) is 11.5. The average molecular weight is 518 g/mol. The molecule has 3 fully saturated rings. The molecule has 4 aliphatic carbocycles. The molecular formula is C32H55NO4. The number of hydrogen-bond donors (Lipinski definition) is 3. The Balaban J connectivity index is 1.36. The van der Waals surface area contributed by atoms with Crippen molar-refractivity contribution in [2.45, 2.75) is 124 Å². The van der Waals surface area contributed by atoms with E-state index in [-0.39, 0.29) is 31.1 Å². The second-order valence-corrected chi connectivity index (χ2v) is 14.1. The summed E-state index contributed by atoms with van der Waals surface area (Å²) in [4.78, 5) is 12.3. The molecule has 212 valence electrons. The lowest BCUT2D eigenvalue weighted by atomic mass is 9.47. The van der Waals surface area contributed by atoms with Crippen LogP contribution >= 0.6 is 0 Å². The summed E-state index contributed by atoms with van der Waals surface area (Å²) in [7, 11) is 0. The number of ether oxygens (including phenoxy) is 1. The van der Waals surface area contributed by atoms with E-state index in [1.54, 1.807) is 0 Å². The van der Waals surface area contributed by atoms with E-state index in [1.165, 1.54) is 56.9 Å². The van der Waals surface area contributed by atoms with Crippen LogP contribution in [-0.2, 0) is 4.74 Å². The van der Waals surface area contributed by atoms with Crippen LogP contribution in [0.2, 0.25) is 0 Å². The summed E-state index contributed by atoms with van der Waals surface area (Å²) in [5, 5.41) is 21.3. The summed E-state index contributed by atoms with van der Waals surface area (Å²) in [6.07, 6.45) is 15.4. The Bertz CT molecular complexity index is 811. The van der Waals surface area contributed by atoms with Crippen LogP contribution in [0, 0.1) is 46.3 Å². The van der Waals surface area contributed by atoms with Crippen molar-refractivity contribution in [2.75, 3.05) is 13.2 Å². The maximum Gasteiger partial charge on any atom is 0.407 e. The van der Waals surface area contributed by atoms with Crippen LogP contribution in [0.4, 0.5) is 4.79 Å². The highest BCUT2D eigenvalue weighted by Gasteiger charge is 2.59. The minimum atomic E-state index is -0.736. The van der Waals surface area contributed by atoms with Crippen LogP contribution in [0.5, 0.6) is 0 Å². The van der Waals surface area contributed by atoms with Gasteiger partial charge in [0.25, 0.3) is 0 Å². The van der Waals surface area contributed by atoms with Crippen LogP contribution < -0.4 is 5.32 Å². The molecule has 5 heteroatoms. The largest absolute Gasteiger partial charge is 0.446 e. The predicted molar refractivity (Wildman–Crippen MR) is 149 cm³/mol. The highest BCUT2D eigenvalue weighted by molar-refractivity contribution is 5.67. The smallest absolute Gasteiger partial charge is 0.407 e. The Labute approximate surface area is 226 Å². The quantitative estimate of drug-likeness (QED) is 0.276. The number of allylic oxidation sites excluding steroid dienone is 1. The first kappa shape index (κ1) is 28.9. The fourth-order valence-electron chi connectivity index (χ4n) is 9.40. The van der Waals surface area contributed by atoms with Gasteiger partial charge in [-0.25, -0.2) is 4.79 Å². The predicted octanol–water partition coefficient (Wildman–Crippen LogP) is 6.87. The fourth-order valence-corrected chi connectivity index (χ4v) is 9.40. The van der Waals surface area contributed by atoms with Crippen molar-refractivity contribution in [2.24, 2.45) is 46.3 Å². The fraction of sp³-hybridized carbons (Fsp3) is 0.906. The van der Waals surface area contributed by atoms with E-state index in [0.717, 1.165) is 54.8 Å². The van der Waals surface area contributed by atoms with Crippen molar-refractivity contribution in [1.29, 1.82) is 0 Å². The zero-order valence-corrected chi connectivity index (χ0v) is 24.3. The minimum absolute atomic E-state index is 0.0812. The van der Waals surface area contributed by atoms with Gasteiger partial charge in [0.1, 0.15) is 6.10 Å². The minimum Gasteiger partial charge on any atom is -0.446 e. The normalized spacial score (nSPS) is 38.7. The molecule has 3 N–H and O–H groups in total. The lowest BCUT2D eigenvalue weighted by Crippen LogP contribution is -2.51. The van der Waals surface area contributed by atoms with Crippen LogP contribution in [0.15, 0.2) is 11.6 Å². The molecule has 4 rings (SSSR count). The van der Waals surface area contributed by atoms with E-state index >= 15 is 0 Å². The maximum absolute atomic E-state index is 12.3. The lowest BCUT2D eigenvalue weighted by Gasteiger charge is -2.58. The van der Waals surface area contributed by atoms with Gasteiger partial charge in [-0.3, -0.25) is 0 Å². The van der Waals surface area contributed by atoms with E-state index in [0.29, 0.717) is 5.41 Å². The second kappa shape index (κ2) is 12.0. The number of aliphatic hydroxyl groups excluding tert-OH is 2. The third kappa shape index (κ3) is 6.08. The van der Waals surface area contributed by atoms with E-state index in [1.807, 2.05) is 0 Å². The van der Waals surface area contributed by atoms with Crippen LogP contribution in [0.3, 0.4) is 0 Å². The number of carbonyl (C=O) groups is 1. The zero-order valence-electron chi connectivity index (χ0n) is 24.3. The summed E-state index contributed by atoms with van der Waals surface area (Å²) in [6, 6.07) is 0. The van der Waals surface area contributed by atoms with E-state index in [4.69, 9.17) is 9.84 Å². The molecule has 0 bridgehead atoms. The third-order valence-corrected chi connectivity index (χ3v) is 11.5. The molecule has 3 saturated carbocycles. The van der Waals surface area contributed by atoms with Crippen LogP contribution in [0.1, 0.15) is 112 Å². The van der Waals surface area contributed by atoms with Gasteiger partial charge in [-0.2, -0.15) is 0 Å². The average Bonchev–Trinajstić information content (AvgIpc) is 3.20. The highest BCUT2D eigenvalue weighted by Crippen LogP contribution is 2.67. The summed E-state index contributed by atoms with van der Waals surface area (Å²) in [5.41, 5.74) is 2.29. The van der Waals surface area contributed by atoms with E-state index in [2.05, 4.69) is 46.0 Å². The number of nitrogens with one attached hydrogen (secondary N) is 1. The van der Waals surface area contributed by atoms with Crippen LogP contribution in [0.25, 0.3) is 0 Å². The molecule has 0 aliphatic heterocycles. The molecule has 0 heterocycles. The SMILES string of the molecule is CC(C)CCC[C@@H](C)[C@H]1CC[C@H]2[C@@H]3CC=C4C[C@@H](OC(=O)NCC(O)CCO)CC[C@]4(C)[C@H]3CC[C@]12C. The lowest BCUT2D eigenvalue weighted by molar-refractivity contribution is -0.0582. The molecule has 0 aromatic rings. The molecule has 0 saturated heterocycles. The molecule has 5 nitrogen and oxygen atoms in total. The Morgan fingerprint density at radius 3 is 2.59 bits per heavy atom. The number of hydrogen-bond acceptors (Lipinski definition) is 4. The molecule has 1 unspecified atom stereocenters. The van der Waals surface area contributed by atoms with Crippen LogP contribution in [-0.4, -0.2) is 41.7 Å². The summed E-state index contributed by atoms with van der Waals surface area (Å²) >= 11 is 0. The van der Waals surface area contributed by atoms with Gasteiger partial charge in [0.2, 0.25) is 0 Å². The molecule has 4 aliphatic rings. The zero-order chi connectivity index (χ0) is 26.8. The first-order valence-electron chi connectivity index (χ1n) is 15.5. The Morgan fingerprint density at radius 1 is 1.08 bits per heavy atom. The van der Waals surface area contributed by atoms with Gasteiger partial charge >= 0.3 is 6.09 Å². The van der Waals surface area contributed by atoms with Crippen molar-refractivity contribution >= 4 is 6.09 Å². The van der Waals surface area contributed by atoms with Crippen molar-refractivity contribution in [3.05, 3.63) is 11.6 Å². The van der Waals surface area contributed by atoms with Gasteiger partial charge in [0.15, 0.2) is 0 Å². The Kier molecular flexibility index (Phi) is 9.37. The molecule has 0 radical (unpaired) electrons. The van der Waals surface area contributed by atoms with Gasteiger partial charge in [0.05, 0.1) is 6.10 Å². The number of aliphatic hydroxyl groups is 2. The van der Waals surface area contributed by atoms with Gasteiger partial charge in [-0.05, 0) is 97.7 Å². The second-order valence-electron chi connectivity index (χ2n) is 14.1. The highest BCUT2D eigenvalue weighted by atomic mass is 16.6. The van der Waals surface area contributed by atoms with Gasteiger partial charge in [-0.1, -0.05) is 65.5 Å². The number of alkyl carbamates (subject to hydrolysis) is 1. The summed E-state index contributed by atoms with van der Waals surface area (Å²) < 4.78 is 5.76. The van der Waals surface area contributed by atoms with Gasteiger partial charge in [-0.15, -0.1) is 0 Å². The monoisotopic (exact) mass is 517 g/mol. The first-order valence-corrected chi connectivity index (χ1v) is 15.5. The Morgan fingerprint density at radius 2 is 1.86 bits per heavy atom. The van der Waals surface area contributed by atoms with Gasteiger partial charge < -0.3 is 20.3 Å². The first-order chi connectivity index (χ1) is 17.6. The topological polar surface area (TPSA) is 78.8 Å². The number of amides is 1. The maximum atomic E-state index is 12.3. The summed E-state index contributed by atoms with van der Waals surface area (Å²) in [6.45, 7) is 12.5. The molecule has 9 atom stereocenters. The summed E-state index contributed by atoms with van der Waals surface area (Å²) in [5.74, 6) is 5.00. The number of carbonyl (C=O) groups excluding carboxylic acids is 1. The molecule has 0 aromatic heterocycles. The van der Waals surface area contributed by atoms with Crippen molar-refractivity contribution < 1.29 is 19.7 Å². The molecule has 37 heavy (non-hydrogen) atoms. The number of rotatable bonds is 10.